The summed E-state index contributed by atoms with van der Waals surface area (Å²) in [5, 5.41) is 0. The minimum absolute atomic E-state index is 0.0705. The molecule has 0 aliphatic heterocycles. The highest BCUT2D eigenvalue weighted by Crippen LogP contribution is 2.18. The lowest BCUT2D eigenvalue weighted by Gasteiger charge is -2.18. The predicted octanol–water partition coefficient (Wildman–Crippen LogP) is 21.1. The van der Waals surface area contributed by atoms with Gasteiger partial charge in [0.15, 0.2) is 6.10 Å². The largest absolute Gasteiger partial charge is 0.462 e. The van der Waals surface area contributed by atoms with Crippen LogP contribution in [0.5, 0.6) is 0 Å². The van der Waals surface area contributed by atoms with Crippen LogP contribution in [0.3, 0.4) is 0 Å². The summed E-state index contributed by atoms with van der Waals surface area (Å²) in [7, 11) is 0. The number of hydrogen-bond acceptors (Lipinski definition) is 6. The van der Waals surface area contributed by atoms with E-state index in [2.05, 4.69) is 45.1 Å². The molecule has 0 N–H and O–H groups in total. The standard InChI is InChI=1S/C64H120O6/c1-4-7-10-13-15-17-19-21-23-25-27-28-29-30-31-32-33-34-35-36-37-39-40-42-44-46-48-51-54-57-63(66)69-60-61(59-68-62(65)56-53-50-12-9-6-3)70-64(67)58-55-52-49-47-45-43-41-38-26-24-22-20-18-16-14-11-8-5-2/h18,20,24,26,61H,4-17,19,21-23,25,27-60H2,1-3H3/b20-18-,26-24-. The number of carbonyl (C=O) groups excluding carboxylic acids is 3. The second kappa shape index (κ2) is 59.5. The molecular formula is C64H120O6. The third kappa shape index (κ3) is 56.8. The Morgan fingerprint density at radius 1 is 0.286 bits per heavy atom. The molecule has 0 saturated carbocycles. The van der Waals surface area contributed by atoms with Crippen LogP contribution in [0, 0.1) is 0 Å². The van der Waals surface area contributed by atoms with Crippen molar-refractivity contribution in [2.75, 3.05) is 13.2 Å². The zero-order valence-electron chi connectivity index (χ0n) is 47.3. The van der Waals surface area contributed by atoms with E-state index in [-0.39, 0.29) is 31.1 Å². The Bertz CT molecular complexity index is 1130. The normalized spacial score (nSPS) is 12.1. The van der Waals surface area contributed by atoms with Crippen LogP contribution >= 0.6 is 0 Å². The van der Waals surface area contributed by atoms with Gasteiger partial charge in [-0.15, -0.1) is 0 Å². The van der Waals surface area contributed by atoms with Crippen LogP contribution in [0.2, 0.25) is 0 Å². The van der Waals surface area contributed by atoms with Crippen molar-refractivity contribution in [3.63, 3.8) is 0 Å². The fourth-order valence-corrected chi connectivity index (χ4v) is 9.48. The number of allylic oxidation sites excluding steroid dienone is 4. The van der Waals surface area contributed by atoms with Crippen molar-refractivity contribution in [2.45, 2.75) is 354 Å². The van der Waals surface area contributed by atoms with Crippen LogP contribution in [0.25, 0.3) is 0 Å². The molecule has 0 aromatic heterocycles. The van der Waals surface area contributed by atoms with Crippen molar-refractivity contribution in [3.05, 3.63) is 24.3 Å². The smallest absolute Gasteiger partial charge is 0.306 e. The zero-order valence-corrected chi connectivity index (χ0v) is 47.3. The van der Waals surface area contributed by atoms with E-state index in [1.54, 1.807) is 0 Å². The second-order valence-electron chi connectivity index (χ2n) is 21.3. The van der Waals surface area contributed by atoms with E-state index in [9.17, 15) is 14.4 Å². The van der Waals surface area contributed by atoms with Gasteiger partial charge in [0.25, 0.3) is 0 Å². The van der Waals surface area contributed by atoms with Gasteiger partial charge in [0.2, 0.25) is 0 Å². The number of hydrogen-bond donors (Lipinski definition) is 0. The highest BCUT2D eigenvalue weighted by molar-refractivity contribution is 5.71. The first-order chi connectivity index (χ1) is 34.5. The quantitative estimate of drug-likeness (QED) is 0.0261. The molecule has 6 nitrogen and oxygen atoms in total. The van der Waals surface area contributed by atoms with Crippen LogP contribution in [0.1, 0.15) is 348 Å². The summed E-state index contributed by atoms with van der Waals surface area (Å²) in [6.07, 6.45) is 71.0. The van der Waals surface area contributed by atoms with Crippen LogP contribution in [0.4, 0.5) is 0 Å². The van der Waals surface area contributed by atoms with Crippen molar-refractivity contribution in [1.82, 2.24) is 0 Å². The van der Waals surface area contributed by atoms with Gasteiger partial charge in [-0.25, -0.2) is 0 Å². The van der Waals surface area contributed by atoms with Gasteiger partial charge in [-0.05, 0) is 51.4 Å². The Kier molecular flexibility index (Phi) is 57.7. The molecule has 1 atom stereocenters. The van der Waals surface area contributed by atoms with E-state index < -0.39 is 6.10 Å². The van der Waals surface area contributed by atoms with E-state index in [0.29, 0.717) is 19.3 Å². The molecule has 6 heteroatoms. The van der Waals surface area contributed by atoms with E-state index in [4.69, 9.17) is 14.2 Å². The maximum atomic E-state index is 12.8. The Morgan fingerprint density at radius 3 is 0.800 bits per heavy atom. The lowest BCUT2D eigenvalue weighted by molar-refractivity contribution is -0.167. The minimum Gasteiger partial charge on any atom is -0.462 e. The van der Waals surface area contributed by atoms with E-state index in [0.717, 1.165) is 77.0 Å². The van der Waals surface area contributed by atoms with Crippen molar-refractivity contribution in [1.29, 1.82) is 0 Å². The second-order valence-corrected chi connectivity index (χ2v) is 21.3. The van der Waals surface area contributed by atoms with Gasteiger partial charge in [0.1, 0.15) is 13.2 Å². The number of ether oxygens (including phenoxy) is 3. The summed E-state index contributed by atoms with van der Waals surface area (Å²) in [5.74, 6) is -0.873. The molecule has 0 radical (unpaired) electrons. The molecule has 0 spiro atoms. The summed E-state index contributed by atoms with van der Waals surface area (Å²) < 4.78 is 16.8. The van der Waals surface area contributed by atoms with Crippen LogP contribution < -0.4 is 0 Å². The minimum atomic E-state index is -0.769. The fraction of sp³-hybridized carbons (Fsp3) is 0.891. The first kappa shape index (κ1) is 67.9. The van der Waals surface area contributed by atoms with Gasteiger partial charge in [0, 0.05) is 19.3 Å². The van der Waals surface area contributed by atoms with E-state index >= 15 is 0 Å². The summed E-state index contributed by atoms with van der Waals surface area (Å²) >= 11 is 0. The summed E-state index contributed by atoms with van der Waals surface area (Å²) in [5.41, 5.74) is 0. The average Bonchev–Trinajstić information content (AvgIpc) is 3.36. The highest BCUT2D eigenvalue weighted by atomic mass is 16.6. The molecule has 412 valence electrons. The molecule has 0 aliphatic rings. The van der Waals surface area contributed by atoms with Crippen LogP contribution in [0.15, 0.2) is 24.3 Å². The molecule has 70 heavy (non-hydrogen) atoms. The molecule has 0 bridgehead atoms. The first-order valence-electron chi connectivity index (χ1n) is 31.3. The average molecular weight is 986 g/mol. The number of rotatable bonds is 58. The maximum Gasteiger partial charge on any atom is 0.306 e. The van der Waals surface area contributed by atoms with E-state index in [1.165, 1.54) is 231 Å². The lowest BCUT2D eigenvalue weighted by Crippen LogP contribution is -2.30. The van der Waals surface area contributed by atoms with Gasteiger partial charge >= 0.3 is 17.9 Å². The maximum absolute atomic E-state index is 12.8. The van der Waals surface area contributed by atoms with Gasteiger partial charge in [-0.3, -0.25) is 14.4 Å². The molecular weight excluding hydrogens is 865 g/mol. The third-order valence-corrected chi connectivity index (χ3v) is 14.2. The van der Waals surface area contributed by atoms with Gasteiger partial charge < -0.3 is 14.2 Å². The molecule has 0 aromatic carbocycles. The van der Waals surface area contributed by atoms with Crippen molar-refractivity contribution < 1.29 is 28.6 Å². The number of carbonyl (C=O) groups is 3. The molecule has 1 unspecified atom stereocenters. The Labute approximate surface area is 436 Å². The molecule has 0 rings (SSSR count). The molecule has 0 heterocycles. The lowest BCUT2D eigenvalue weighted by atomic mass is 10.0. The van der Waals surface area contributed by atoms with Crippen LogP contribution in [-0.4, -0.2) is 37.2 Å². The van der Waals surface area contributed by atoms with Gasteiger partial charge in [-0.2, -0.15) is 0 Å². The third-order valence-electron chi connectivity index (χ3n) is 14.2. The van der Waals surface area contributed by atoms with Crippen LogP contribution in [-0.2, 0) is 28.6 Å². The monoisotopic (exact) mass is 985 g/mol. The van der Waals surface area contributed by atoms with E-state index in [1.807, 2.05) is 0 Å². The Balaban J connectivity index is 3.94. The van der Waals surface area contributed by atoms with Crippen molar-refractivity contribution in [2.24, 2.45) is 0 Å². The highest BCUT2D eigenvalue weighted by Gasteiger charge is 2.19. The molecule has 0 saturated heterocycles. The SMILES string of the molecule is CCCCCC/C=C\C/C=C\CCCCCCCCCC(=O)OC(COC(=O)CCCCCCC)COC(=O)CCCCCCCCCCCCCCCCCCCCCCCCCCCCCCC. The van der Waals surface area contributed by atoms with Crippen molar-refractivity contribution >= 4 is 17.9 Å². The zero-order chi connectivity index (χ0) is 50.7. The first-order valence-corrected chi connectivity index (χ1v) is 31.3. The summed E-state index contributed by atoms with van der Waals surface area (Å²) in [4.78, 5) is 37.8. The van der Waals surface area contributed by atoms with Gasteiger partial charge in [0.05, 0.1) is 0 Å². The summed E-state index contributed by atoms with van der Waals surface area (Å²) in [6.45, 7) is 6.59. The predicted molar refractivity (Wildman–Crippen MR) is 303 cm³/mol. The summed E-state index contributed by atoms with van der Waals surface area (Å²) in [6, 6.07) is 0. The number of esters is 3. The molecule has 0 fully saturated rings. The van der Waals surface area contributed by atoms with Gasteiger partial charge in [-0.1, -0.05) is 302 Å². The Morgan fingerprint density at radius 2 is 0.514 bits per heavy atom. The molecule has 0 amide bonds. The van der Waals surface area contributed by atoms with Crippen molar-refractivity contribution in [3.8, 4) is 0 Å². The molecule has 0 aliphatic carbocycles. The topological polar surface area (TPSA) is 78.9 Å². The fourth-order valence-electron chi connectivity index (χ4n) is 9.48. The molecule has 0 aromatic rings. The Hall–Kier alpha value is -2.11. The number of unbranched alkanes of at least 4 members (excludes halogenated alkanes) is 43.